The quantitative estimate of drug-likeness (QED) is 0.838. The zero-order valence-corrected chi connectivity index (χ0v) is 11.5. The third kappa shape index (κ3) is 4.14. The van der Waals surface area contributed by atoms with E-state index in [9.17, 15) is 30.8 Å². The van der Waals surface area contributed by atoms with Crippen molar-refractivity contribution in [2.24, 2.45) is 0 Å². The standard InChI is InChI=1S/C11H11F4NO4S/c1-16(5-4-10(17)18)21(19,20)9-6-7(11(13,14)15)2-3-8(9)12/h2-3,6H,4-5H2,1H3,(H,17,18). The van der Waals surface area contributed by atoms with Crippen LogP contribution in [-0.2, 0) is 21.0 Å². The van der Waals surface area contributed by atoms with Crippen molar-refractivity contribution in [2.75, 3.05) is 13.6 Å². The van der Waals surface area contributed by atoms with Crippen LogP contribution in [0.25, 0.3) is 0 Å². The minimum absolute atomic E-state index is 0.182. The first-order valence-corrected chi connectivity index (χ1v) is 6.95. The van der Waals surface area contributed by atoms with E-state index in [2.05, 4.69) is 0 Å². The molecule has 0 heterocycles. The fourth-order valence-corrected chi connectivity index (χ4v) is 2.68. The first-order valence-electron chi connectivity index (χ1n) is 5.51. The van der Waals surface area contributed by atoms with Crippen LogP contribution in [0.1, 0.15) is 12.0 Å². The Morgan fingerprint density at radius 3 is 2.38 bits per heavy atom. The summed E-state index contributed by atoms with van der Waals surface area (Å²) >= 11 is 0. The molecule has 1 N–H and O–H groups in total. The topological polar surface area (TPSA) is 74.7 Å². The van der Waals surface area contributed by atoms with Crippen molar-refractivity contribution in [2.45, 2.75) is 17.5 Å². The number of carboxylic acid groups (broad SMARTS) is 1. The highest BCUT2D eigenvalue weighted by Gasteiger charge is 2.34. The number of sulfonamides is 1. The summed E-state index contributed by atoms with van der Waals surface area (Å²) in [5.41, 5.74) is -1.31. The molecule has 0 fully saturated rings. The second-order valence-corrected chi connectivity index (χ2v) is 6.13. The molecule has 0 aliphatic carbocycles. The minimum atomic E-state index is -4.82. The van der Waals surface area contributed by atoms with Crippen molar-refractivity contribution < 1.29 is 35.9 Å². The third-order valence-corrected chi connectivity index (χ3v) is 4.46. The summed E-state index contributed by atoms with van der Waals surface area (Å²) < 4.78 is 75.6. The molecule has 21 heavy (non-hydrogen) atoms. The average Bonchev–Trinajstić information content (AvgIpc) is 2.34. The fraction of sp³-hybridized carbons (Fsp3) is 0.364. The largest absolute Gasteiger partial charge is 0.481 e. The highest BCUT2D eigenvalue weighted by molar-refractivity contribution is 7.89. The molecule has 0 unspecified atom stereocenters. The van der Waals surface area contributed by atoms with Crippen LogP contribution in [0.2, 0.25) is 0 Å². The molecule has 1 aromatic carbocycles. The van der Waals surface area contributed by atoms with Crippen LogP contribution < -0.4 is 0 Å². The lowest BCUT2D eigenvalue weighted by molar-refractivity contribution is -0.138. The molecule has 0 saturated carbocycles. The highest BCUT2D eigenvalue weighted by Crippen LogP contribution is 2.32. The average molecular weight is 329 g/mol. The number of hydrogen-bond donors (Lipinski definition) is 1. The highest BCUT2D eigenvalue weighted by atomic mass is 32.2. The molecule has 0 aliphatic heterocycles. The van der Waals surface area contributed by atoms with Gasteiger partial charge in [0.2, 0.25) is 10.0 Å². The second-order valence-electron chi connectivity index (χ2n) is 4.11. The summed E-state index contributed by atoms with van der Waals surface area (Å²) in [6.07, 6.45) is -5.38. The summed E-state index contributed by atoms with van der Waals surface area (Å²) in [6, 6.07) is 1.01. The van der Waals surface area contributed by atoms with E-state index < -0.39 is 51.4 Å². The predicted octanol–water partition coefficient (Wildman–Crippen LogP) is 1.94. The van der Waals surface area contributed by atoms with E-state index >= 15 is 0 Å². The van der Waals surface area contributed by atoms with Crippen LogP contribution >= 0.6 is 0 Å². The molecule has 0 aromatic heterocycles. The molecule has 0 saturated heterocycles. The molecule has 0 radical (unpaired) electrons. The Morgan fingerprint density at radius 1 is 1.33 bits per heavy atom. The van der Waals surface area contributed by atoms with Gasteiger partial charge in [0.05, 0.1) is 12.0 Å². The Kier molecular flexibility index (Phi) is 4.95. The van der Waals surface area contributed by atoms with E-state index in [1.54, 1.807) is 0 Å². The van der Waals surface area contributed by atoms with Crippen molar-refractivity contribution in [3.05, 3.63) is 29.6 Å². The van der Waals surface area contributed by atoms with Crippen LogP contribution in [0.15, 0.2) is 23.1 Å². The third-order valence-electron chi connectivity index (χ3n) is 2.59. The monoisotopic (exact) mass is 329 g/mol. The number of alkyl halides is 3. The number of aliphatic carboxylic acids is 1. The van der Waals surface area contributed by atoms with E-state index in [0.29, 0.717) is 16.4 Å². The molecule has 0 bridgehead atoms. The molecule has 10 heteroatoms. The van der Waals surface area contributed by atoms with Gasteiger partial charge in [-0.3, -0.25) is 4.79 Å². The Bertz CT molecular complexity index is 642. The van der Waals surface area contributed by atoms with Crippen LogP contribution in [0.3, 0.4) is 0 Å². The number of nitrogens with zero attached hydrogens (tertiary/aromatic N) is 1. The Morgan fingerprint density at radius 2 is 1.90 bits per heavy atom. The second kappa shape index (κ2) is 5.98. The molecule has 1 aromatic rings. The maximum absolute atomic E-state index is 13.5. The van der Waals surface area contributed by atoms with Gasteiger partial charge in [-0.25, -0.2) is 17.1 Å². The van der Waals surface area contributed by atoms with Gasteiger partial charge < -0.3 is 5.11 Å². The molecule has 118 valence electrons. The van der Waals surface area contributed by atoms with E-state index in [0.717, 1.165) is 7.05 Å². The first kappa shape index (κ1) is 17.4. The number of halogens is 4. The van der Waals surface area contributed by atoms with Crippen LogP contribution in [-0.4, -0.2) is 37.4 Å². The van der Waals surface area contributed by atoms with E-state index in [4.69, 9.17) is 5.11 Å². The molecule has 0 spiro atoms. The van der Waals surface area contributed by atoms with Gasteiger partial charge in [-0.15, -0.1) is 0 Å². The smallest absolute Gasteiger partial charge is 0.416 e. The molecular weight excluding hydrogens is 318 g/mol. The van der Waals surface area contributed by atoms with Gasteiger partial charge in [-0.2, -0.15) is 13.2 Å². The fourth-order valence-electron chi connectivity index (χ4n) is 1.42. The van der Waals surface area contributed by atoms with Crippen molar-refractivity contribution >= 4 is 16.0 Å². The van der Waals surface area contributed by atoms with Crippen molar-refractivity contribution in [3.8, 4) is 0 Å². The van der Waals surface area contributed by atoms with Gasteiger partial charge in [0.1, 0.15) is 10.7 Å². The number of benzene rings is 1. The van der Waals surface area contributed by atoms with Crippen molar-refractivity contribution in [1.29, 1.82) is 0 Å². The number of carboxylic acids is 1. The minimum Gasteiger partial charge on any atom is -0.481 e. The number of carbonyl (C=O) groups is 1. The van der Waals surface area contributed by atoms with Gasteiger partial charge >= 0.3 is 12.1 Å². The molecule has 0 amide bonds. The van der Waals surface area contributed by atoms with Gasteiger partial charge in [0.25, 0.3) is 0 Å². The molecule has 0 atom stereocenters. The van der Waals surface area contributed by atoms with Crippen molar-refractivity contribution in [3.63, 3.8) is 0 Å². The van der Waals surface area contributed by atoms with Crippen molar-refractivity contribution in [1.82, 2.24) is 4.31 Å². The number of hydrogen-bond acceptors (Lipinski definition) is 3. The van der Waals surface area contributed by atoms with Crippen LogP contribution in [0.4, 0.5) is 17.6 Å². The maximum atomic E-state index is 13.5. The van der Waals surface area contributed by atoms with E-state index in [1.165, 1.54) is 0 Å². The van der Waals surface area contributed by atoms with Crippen LogP contribution in [0.5, 0.6) is 0 Å². The van der Waals surface area contributed by atoms with E-state index in [-0.39, 0.29) is 6.07 Å². The molecule has 5 nitrogen and oxygen atoms in total. The predicted molar refractivity (Wildman–Crippen MR) is 63.5 cm³/mol. The summed E-state index contributed by atoms with van der Waals surface area (Å²) in [7, 11) is -3.60. The normalized spacial score (nSPS) is 12.7. The van der Waals surface area contributed by atoms with Gasteiger partial charge in [-0.05, 0) is 18.2 Å². The van der Waals surface area contributed by atoms with Gasteiger partial charge in [0, 0.05) is 13.6 Å². The summed E-state index contributed by atoms with van der Waals surface area (Å²) in [5, 5.41) is 8.46. The van der Waals surface area contributed by atoms with Gasteiger partial charge in [-0.1, -0.05) is 0 Å². The summed E-state index contributed by atoms with van der Waals surface area (Å²) in [5.74, 6) is -2.63. The summed E-state index contributed by atoms with van der Waals surface area (Å²) in [6.45, 7) is -0.493. The SMILES string of the molecule is CN(CCC(=O)O)S(=O)(=O)c1cc(C(F)(F)F)ccc1F. The summed E-state index contributed by atoms with van der Waals surface area (Å²) in [4.78, 5) is 9.23. The Hall–Kier alpha value is -1.68. The lowest BCUT2D eigenvalue weighted by atomic mass is 10.2. The zero-order valence-electron chi connectivity index (χ0n) is 10.7. The molecule has 1 rings (SSSR count). The first-order chi connectivity index (χ1) is 9.46. The molecular formula is C11H11F4NO4S. The zero-order chi connectivity index (χ0) is 16.4. The Labute approximate surface area is 117 Å². The lowest BCUT2D eigenvalue weighted by Gasteiger charge is -2.17. The molecule has 0 aliphatic rings. The lowest BCUT2D eigenvalue weighted by Crippen LogP contribution is -2.30. The number of rotatable bonds is 5. The maximum Gasteiger partial charge on any atom is 0.416 e. The Balaban J connectivity index is 3.21. The van der Waals surface area contributed by atoms with Gasteiger partial charge in [0.15, 0.2) is 0 Å². The van der Waals surface area contributed by atoms with E-state index in [1.807, 2.05) is 0 Å². The van der Waals surface area contributed by atoms with Crippen LogP contribution in [0, 0.1) is 5.82 Å².